The molecule has 8 heteroatoms. The van der Waals surface area contributed by atoms with Crippen LogP contribution in [-0.4, -0.2) is 38.0 Å². The summed E-state index contributed by atoms with van der Waals surface area (Å²) in [5.41, 5.74) is 0.577. The molecule has 20 heavy (non-hydrogen) atoms. The number of benzene rings is 1. The minimum absolute atomic E-state index is 0.00395. The fraction of sp³-hybridized carbons (Fsp3) is 0.333. The van der Waals surface area contributed by atoms with Crippen LogP contribution in [0.5, 0.6) is 0 Å². The maximum absolute atomic E-state index is 12.4. The first-order valence-electron chi connectivity index (χ1n) is 6.03. The molecule has 3 rings (SSSR count). The summed E-state index contributed by atoms with van der Waals surface area (Å²) in [5.74, 6) is 0.671. The number of carbonyl (C=O) groups is 1. The number of anilines is 1. The summed E-state index contributed by atoms with van der Waals surface area (Å²) in [5, 5.41) is 11.3. The van der Waals surface area contributed by atoms with Gasteiger partial charge in [0.1, 0.15) is 6.04 Å². The molecule has 2 atom stereocenters. The first-order chi connectivity index (χ1) is 9.50. The second-order valence-corrected chi connectivity index (χ2v) is 6.30. The number of thioether (sulfide) groups is 1. The number of nitro groups is 1. The molecular formula is C12H11N3O3S2. The largest absolute Gasteiger partial charge is 0.324 e. The molecule has 0 saturated carbocycles. The highest BCUT2D eigenvalue weighted by molar-refractivity contribution is 8.00. The third-order valence-electron chi connectivity index (χ3n) is 3.46. The molecule has 0 radical (unpaired) electrons. The van der Waals surface area contributed by atoms with Gasteiger partial charge >= 0.3 is 0 Å². The average Bonchev–Trinajstić information content (AvgIpc) is 2.91. The summed E-state index contributed by atoms with van der Waals surface area (Å²) in [7, 11) is 0. The number of thiocarbonyl (C=S) groups is 1. The van der Waals surface area contributed by atoms with Gasteiger partial charge < -0.3 is 4.90 Å². The van der Waals surface area contributed by atoms with Gasteiger partial charge in [-0.15, -0.1) is 11.8 Å². The zero-order chi connectivity index (χ0) is 14.4. The van der Waals surface area contributed by atoms with Crippen LogP contribution in [0.25, 0.3) is 0 Å². The van der Waals surface area contributed by atoms with Crippen molar-refractivity contribution in [3.8, 4) is 0 Å². The number of nitro benzene ring substituents is 1. The Morgan fingerprint density at radius 2 is 2.05 bits per heavy atom. The van der Waals surface area contributed by atoms with E-state index in [1.54, 1.807) is 23.9 Å². The number of hydrogen-bond donors (Lipinski definition) is 0. The second-order valence-electron chi connectivity index (χ2n) is 4.59. The van der Waals surface area contributed by atoms with E-state index in [2.05, 4.69) is 0 Å². The smallest absolute Gasteiger partial charge is 0.269 e. The molecule has 1 unspecified atom stereocenters. The summed E-state index contributed by atoms with van der Waals surface area (Å²) >= 11 is 7.08. The fourth-order valence-corrected chi connectivity index (χ4v) is 4.16. The SMILES string of the molecule is CC1SC[C@H]2C(=O)N(c3ccc([N+](=O)[O-])cc3)C(=S)N12. The Kier molecular flexibility index (Phi) is 3.14. The molecule has 2 aliphatic rings. The molecular weight excluding hydrogens is 298 g/mol. The molecule has 2 saturated heterocycles. The molecule has 1 aromatic rings. The summed E-state index contributed by atoms with van der Waals surface area (Å²) in [4.78, 5) is 26.0. The predicted molar refractivity (Wildman–Crippen MR) is 80.7 cm³/mol. The van der Waals surface area contributed by atoms with Crippen molar-refractivity contribution in [1.82, 2.24) is 4.90 Å². The minimum atomic E-state index is -0.467. The van der Waals surface area contributed by atoms with Crippen LogP contribution in [0.15, 0.2) is 24.3 Å². The molecule has 6 nitrogen and oxygen atoms in total. The molecule has 2 fully saturated rings. The molecule has 1 aromatic carbocycles. The highest BCUT2D eigenvalue weighted by atomic mass is 32.2. The van der Waals surface area contributed by atoms with Crippen molar-refractivity contribution < 1.29 is 9.72 Å². The van der Waals surface area contributed by atoms with E-state index < -0.39 is 4.92 Å². The third-order valence-corrected chi connectivity index (χ3v) is 5.07. The van der Waals surface area contributed by atoms with Gasteiger partial charge in [0.25, 0.3) is 11.6 Å². The van der Waals surface area contributed by atoms with Crippen LogP contribution in [0.2, 0.25) is 0 Å². The normalized spacial score (nSPS) is 25.2. The molecule has 2 aliphatic heterocycles. The number of rotatable bonds is 2. The highest BCUT2D eigenvalue weighted by Crippen LogP contribution is 2.37. The van der Waals surface area contributed by atoms with E-state index in [0.717, 1.165) is 5.75 Å². The Hall–Kier alpha value is -1.67. The number of amides is 1. The van der Waals surface area contributed by atoms with Crippen molar-refractivity contribution >= 4 is 46.4 Å². The van der Waals surface area contributed by atoms with Crippen LogP contribution in [0.3, 0.4) is 0 Å². The van der Waals surface area contributed by atoms with Gasteiger partial charge in [-0.3, -0.25) is 19.8 Å². The van der Waals surface area contributed by atoms with E-state index in [1.165, 1.54) is 17.0 Å². The van der Waals surface area contributed by atoms with Crippen molar-refractivity contribution in [3.63, 3.8) is 0 Å². The van der Waals surface area contributed by atoms with E-state index in [-0.39, 0.29) is 23.0 Å². The summed E-state index contributed by atoms with van der Waals surface area (Å²) in [6, 6.07) is 5.67. The van der Waals surface area contributed by atoms with E-state index in [9.17, 15) is 14.9 Å². The quantitative estimate of drug-likeness (QED) is 0.473. The first kappa shape index (κ1) is 13.3. The van der Waals surface area contributed by atoms with Crippen LogP contribution < -0.4 is 4.90 Å². The minimum Gasteiger partial charge on any atom is -0.324 e. The average molecular weight is 309 g/mol. The van der Waals surface area contributed by atoms with Gasteiger partial charge in [-0.2, -0.15) is 0 Å². The molecule has 104 valence electrons. The molecule has 0 aromatic heterocycles. The Bertz CT molecular complexity index is 604. The number of nitrogens with zero attached hydrogens (tertiary/aromatic N) is 3. The van der Waals surface area contributed by atoms with Crippen LogP contribution in [0.1, 0.15) is 6.92 Å². The number of non-ortho nitro benzene ring substituents is 1. The van der Waals surface area contributed by atoms with Gasteiger partial charge in [-0.25, -0.2) is 0 Å². The molecule has 0 N–H and O–H groups in total. The lowest BCUT2D eigenvalue weighted by atomic mass is 10.2. The number of hydrogen-bond acceptors (Lipinski definition) is 5. The maximum Gasteiger partial charge on any atom is 0.269 e. The monoisotopic (exact) mass is 309 g/mol. The number of carbonyl (C=O) groups excluding carboxylic acids is 1. The van der Waals surface area contributed by atoms with Gasteiger partial charge in [0.15, 0.2) is 5.11 Å². The van der Waals surface area contributed by atoms with Gasteiger partial charge in [0, 0.05) is 17.9 Å². The zero-order valence-corrected chi connectivity index (χ0v) is 12.2. The number of fused-ring (bicyclic) bond motifs is 1. The third kappa shape index (κ3) is 1.87. The lowest BCUT2D eigenvalue weighted by Crippen LogP contribution is -2.35. The molecule has 0 bridgehead atoms. The van der Waals surface area contributed by atoms with Gasteiger partial charge in [0.2, 0.25) is 0 Å². The van der Waals surface area contributed by atoms with E-state index in [4.69, 9.17) is 12.2 Å². The predicted octanol–water partition coefficient (Wildman–Crippen LogP) is 1.99. The Morgan fingerprint density at radius 1 is 1.40 bits per heavy atom. The zero-order valence-electron chi connectivity index (χ0n) is 10.6. The van der Waals surface area contributed by atoms with Crippen molar-refractivity contribution in [3.05, 3.63) is 34.4 Å². The molecule has 0 spiro atoms. The Labute approximate surface area is 124 Å². The maximum atomic E-state index is 12.4. The van der Waals surface area contributed by atoms with Gasteiger partial charge in [0.05, 0.1) is 16.0 Å². The van der Waals surface area contributed by atoms with Crippen LogP contribution in [-0.2, 0) is 4.79 Å². The van der Waals surface area contributed by atoms with Crippen molar-refractivity contribution in [2.45, 2.75) is 18.3 Å². The topological polar surface area (TPSA) is 66.7 Å². The summed E-state index contributed by atoms with van der Waals surface area (Å²) in [6.07, 6.45) is 0. The first-order valence-corrected chi connectivity index (χ1v) is 7.48. The van der Waals surface area contributed by atoms with Gasteiger partial charge in [-0.05, 0) is 31.3 Å². The summed E-state index contributed by atoms with van der Waals surface area (Å²) in [6.45, 7) is 2.02. The highest BCUT2D eigenvalue weighted by Gasteiger charge is 2.49. The Balaban J connectivity index is 1.93. The van der Waals surface area contributed by atoms with Crippen LogP contribution >= 0.6 is 24.0 Å². The van der Waals surface area contributed by atoms with Crippen molar-refractivity contribution in [2.24, 2.45) is 0 Å². The van der Waals surface area contributed by atoms with E-state index in [1.807, 2.05) is 11.8 Å². The summed E-state index contributed by atoms with van der Waals surface area (Å²) < 4.78 is 0. The second kappa shape index (κ2) is 4.71. The van der Waals surface area contributed by atoms with Crippen molar-refractivity contribution in [1.29, 1.82) is 0 Å². The lowest BCUT2D eigenvalue weighted by Gasteiger charge is -2.22. The molecule has 2 heterocycles. The lowest BCUT2D eigenvalue weighted by molar-refractivity contribution is -0.384. The van der Waals surface area contributed by atoms with Crippen LogP contribution in [0, 0.1) is 10.1 Å². The van der Waals surface area contributed by atoms with E-state index >= 15 is 0 Å². The van der Waals surface area contributed by atoms with Crippen LogP contribution in [0.4, 0.5) is 11.4 Å². The molecule has 0 aliphatic carbocycles. The van der Waals surface area contributed by atoms with E-state index in [0.29, 0.717) is 10.8 Å². The fourth-order valence-electron chi connectivity index (χ4n) is 2.44. The Morgan fingerprint density at radius 3 is 2.60 bits per heavy atom. The van der Waals surface area contributed by atoms with Gasteiger partial charge in [-0.1, -0.05) is 0 Å². The standard InChI is InChI=1S/C12H11N3O3S2/c1-7-13-10(6-20-7)11(16)14(12(13)19)8-2-4-9(5-3-8)15(17)18/h2-5,7,10H,6H2,1H3/t7?,10-/m0/s1. The van der Waals surface area contributed by atoms with Crippen molar-refractivity contribution in [2.75, 3.05) is 10.7 Å². The molecule has 1 amide bonds.